The third-order valence-electron chi connectivity index (χ3n) is 7.68. The van der Waals surface area contributed by atoms with Gasteiger partial charge in [0, 0.05) is 19.4 Å². The van der Waals surface area contributed by atoms with Crippen LogP contribution >= 0.6 is 0 Å². The van der Waals surface area contributed by atoms with E-state index in [1.54, 1.807) is 6.07 Å². The fraction of sp³-hybridized carbons (Fsp3) is 0.727. The average Bonchev–Trinajstić information content (AvgIpc) is 3.26. The predicted molar refractivity (Wildman–Crippen MR) is 103 cm³/mol. The van der Waals surface area contributed by atoms with Crippen LogP contribution in [-0.2, 0) is 19.1 Å². The molecule has 8 heteroatoms. The van der Waals surface area contributed by atoms with Crippen molar-refractivity contribution in [2.24, 2.45) is 29.6 Å². The van der Waals surface area contributed by atoms with Gasteiger partial charge < -0.3 is 19.8 Å². The Morgan fingerprint density at radius 3 is 2.60 bits per heavy atom. The summed E-state index contributed by atoms with van der Waals surface area (Å²) < 4.78 is 5.25. The summed E-state index contributed by atoms with van der Waals surface area (Å²) >= 11 is 0. The number of ether oxygens (including phenoxy) is 1. The van der Waals surface area contributed by atoms with E-state index < -0.39 is 46.9 Å². The topological polar surface area (TPSA) is 128 Å². The maximum absolute atomic E-state index is 13.6. The minimum Gasteiger partial charge on any atom is -0.453 e. The molecule has 0 radical (unpaired) electrons. The number of Topliss-reactive ketones (excluding diaryl/α,β-unsaturated/α-hetero) is 1. The summed E-state index contributed by atoms with van der Waals surface area (Å²) in [5.41, 5.74) is -4.40. The van der Waals surface area contributed by atoms with Crippen LogP contribution < -0.4 is 0 Å². The van der Waals surface area contributed by atoms with Gasteiger partial charge in [-0.25, -0.2) is 0 Å². The minimum absolute atomic E-state index is 0.0704. The molecule has 0 aromatic rings. The van der Waals surface area contributed by atoms with Crippen LogP contribution in [0.25, 0.3) is 0 Å². The number of carbonyl (C=O) groups excluding carboxylic acids is 3. The molecule has 3 heterocycles. The smallest absolute Gasteiger partial charge is 0.314 e. The van der Waals surface area contributed by atoms with E-state index in [1.165, 1.54) is 6.92 Å². The van der Waals surface area contributed by atoms with Crippen molar-refractivity contribution in [3.63, 3.8) is 0 Å². The highest BCUT2D eigenvalue weighted by Gasteiger charge is 2.80. The molecule has 1 saturated carbocycles. The fourth-order valence-corrected chi connectivity index (χ4v) is 6.34. The molecule has 8 atom stereocenters. The predicted octanol–water partition coefficient (Wildman–Crippen LogP) is 0.921. The molecule has 0 bridgehead atoms. The lowest BCUT2D eigenvalue weighted by molar-refractivity contribution is -0.173. The summed E-state index contributed by atoms with van der Waals surface area (Å²) in [5, 5.41) is 29.8. The van der Waals surface area contributed by atoms with Gasteiger partial charge in [-0.05, 0) is 37.0 Å². The second kappa shape index (κ2) is 7.17. The number of hydrogen-bond acceptors (Lipinski definition) is 7. The third-order valence-corrected chi connectivity index (χ3v) is 7.68. The van der Waals surface area contributed by atoms with Crippen molar-refractivity contribution in [1.82, 2.24) is 4.90 Å². The zero-order valence-electron chi connectivity index (χ0n) is 17.3. The zero-order chi connectivity index (χ0) is 21.8. The number of rotatable bonds is 2. The van der Waals surface area contributed by atoms with Crippen LogP contribution in [0.5, 0.6) is 0 Å². The van der Waals surface area contributed by atoms with Crippen molar-refractivity contribution in [3.05, 3.63) is 12.2 Å². The SMILES string of the molecule is CC#N.C[C@H]1C=C[C@H]2CCCC[C@@H]2[C@H]1C(=O)[C@@]1(O)C(=O)N2CC[C@H]3C(=O)O[C@@H]1[C@]32O. The summed E-state index contributed by atoms with van der Waals surface area (Å²) in [7, 11) is 0. The maximum atomic E-state index is 13.6. The molecule has 2 N–H and O–H groups in total. The van der Waals surface area contributed by atoms with Gasteiger partial charge in [0.05, 0.1) is 6.07 Å². The molecule has 0 aromatic carbocycles. The molecule has 2 aliphatic carbocycles. The van der Waals surface area contributed by atoms with Crippen LogP contribution in [0.1, 0.15) is 46.0 Å². The van der Waals surface area contributed by atoms with Crippen LogP contribution in [0.2, 0.25) is 0 Å². The van der Waals surface area contributed by atoms with E-state index in [0.29, 0.717) is 0 Å². The van der Waals surface area contributed by atoms with E-state index >= 15 is 0 Å². The van der Waals surface area contributed by atoms with Gasteiger partial charge in [0.15, 0.2) is 17.6 Å². The second-order valence-corrected chi connectivity index (χ2v) is 9.13. The molecule has 8 nitrogen and oxygen atoms in total. The molecule has 3 saturated heterocycles. The molecule has 4 fully saturated rings. The third kappa shape index (κ3) is 2.55. The second-order valence-electron chi connectivity index (χ2n) is 9.13. The van der Waals surface area contributed by atoms with E-state index in [1.807, 2.05) is 13.0 Å². The molecule has 162 valence electrons. The van der Waals surface area contributed by atoms with Crippen LogP contribution in [0.4, 0.5) is 0 Å². The van der Waals surface area contributed by atoms with Gasteiger partial charge in [0.2, 0.25) is 5.60 Å². The van der Waals surface area contributed by atoms with Crippen LogP contribution in [0.3, 0.4) is 0 Å². The van der Waals surface area contributed by atoms with Gasteiger partial charge in [-0.2, -0.15) is 5.26 Å². The summed E-state index contributed by atoms with van der Waals surface area (Å²) in [5.74, 6) is -3.24. The molecular weight excluding hydrogens is 388 g/mol. The summed E-state index contributed by atoms with van der Waals surface area (Å²) in [4.78, 5) is 40.0. The summed E-state index contributed by atoms with van der Waals surface area (Å²) in [6.45, 7) is 3.50. The zero-order valence-corrected chi connectivity index (χ0v) is 17.3. The summed E-state index contributed by atoms with van der Waals surface area (Å²) in [6, 6.07) is 1.75. The molecule has 0 aromatic heterocycles. The number of amides is 1. The van der Waals surface area contributed by atoms with Crippen molar-refractivity contribution >= 4 is 17.7 Å². The highest BCUT2D eigenvalue weighted by atomic mass is 16.6. The van der Waals surface area contributed by atoms with Crippen LogP contribution in [0, 0.1) is 40.9 Å². The van der Waals surface area contributed by atoms with Crippen molar-refractivity contribution in [2.75, 3.05) is 6.54 Å². The molecule has 5 rings (SSSR count). The fourth-order valence-electron chi connectivity index (χ4n) is 6.34. The van der Waals surface area contributed by atoms with Gasteiger partial charge >= 0.3 is 5.97 Å². The summed E-state index contributed by atoms with van der Waals surface area (Å²) in [6.07, 6.45) is 6.92. The molecule has 1 amide bonds. The lowest BCUT2D eigenvalue weighted by Crippen LogP contribution is -2.59. The van der Waals surface area contributed by atoms with Gasteiger partial charge in [-0.3, -0.25) is 14.4 Å². The monoisotopic (exact) mass is 416 g/mol. The maximum Gasteiger partial charge on any atom is 0.314 e. The van der Waals surface area contributed by atoms with E-state index in [4.69, 9.17) is 10.00 Å². The number of nitriles is 1. The Labute approximate surface area is 175 Å². The number of esters is 1. The first-order valence-corrected chi connectivity index (χ1v) is 10.7. The first kappa shape index (κ1) is 21.0. The Morgan fingerprint density at radius 1 is 1.23 bits per heavy atom. The molecule has 5 aliphatic rings. The Balaban J connectivity index is 0.000000687. The molecular formula is C22H28N2O6. The number of nitrogens with zero attached hydrogens (tertiary/aromatic N) is 2. The minimum atomic E-state index is -2.49. The number of ketones is 1. The molecule has 3 aliphatic heterocycles. The van der Waals surface area contributed by atoms with Gasteiger partial charge in [-0.1, -0.05) is 31.9 Å². The number of allylic oxidation sites excluding steroid dienone is 2. The van der Waals surface area contributed by atoms with Gasteiger partial charge in [-0.15, -0.1) is 0 Å². The molecule has 0 spiro atoms. The van der Waals surface area contributed by atoms with Crippen LogP contribution in [-0.4, -0.2) is 56.7 Å². The lowest BCUT2D eigenvalue weighted by Gasteiger charge is -2.42. The number of carbonyl (C=O) groups is 3. The van der Waals surface area contributed by atoms with E-state index in [2.05, 4.69) is 6.08 Å². The lowest BCUT2D eigenvalue weighted by atomic mass is 9.61. The standard InChI is InChI=1S/C20H25NO6.C2H3N/c1-10-6-7-11-4-2-3-5-12(11)14(10)15(22)19(25)17-20(26)13(16(23)27-17)8-9-21(20)18(19)24;1-2-3/h6-7,10-14,17,25-26H,2-5,8-9H2,1H3;1H3/t10-,11+,12-,13-,14-,17-,19-,20+;/m0./s1. The quantitative estimate of drug-likeness (QED) is 0.389. The number of fused-ring (bicyclic) bond motifs is 1. The average molecular weight is 416 g/mol. The van der Waals surface area contributed by atoms with Crippen molar-refractivity contribution in [2.45, 2.75) is 63.4 Å². The van der Waals surface area contributed by atoms with Crippen molar-refractivity contribution in [3.8, 4) is 6.07 Å². The first-order valence-electron chi connectivity index (χ1n) is 10.7. The van der Waals surface area contributed by atoms with Crippen LogP contribution in [0.15, 0.2) is 12.2 Å². The molecule has 30 heavy (non-hydrogen) atoms. The van der Waals surface area contributed by atoms with Gasteiger partial charge in [0.1, 0.15) is 5.92 Å². The highest BCUT2D eigenvalue weighted by Crippen LogP contribution is 2.55. The Hall–Kier alpha value is -2.24. The number of hydrogen-bond donors (Lipinski definition) is 2. The Kier molecular flexibility index (Phi) is 5.02. The normalized spacial score (nSPS) is 45.8. The Bertz CT molecular complexity index is 849. The number of aliphatic hydroxyl groups is 2. The first-order chi connectivity index (χ1) is 14.2. The van der Waals surface area contributed by atoms with Crippen molar-refractivity contribution < 1.29 is 29.3 Å². The van der Waals surface area contributed by atoms with E-state index in [9.17, 15) is 24.6 Å². The largest absolute Gasteiger partial charge is 0.453 e. The van der Waals surface area contributed by atoms with E-state index in [-0.39, 0.29) is 30.7 Å². The van der Waals surface area contributed by atoms with Crippen molar-refractivity contribution in [1.29, 1.82) is 5.26 Å². The van der Waals surface area contributed by atoms with E-state index in [0.717, 1.165) is 30.6 Å². The Morgan fingerprint density at radius 2 is 1.90 bits per heavy atom. The van der Waals surface area contributed by atoms with Gasteiger partial charge in [0.25, 0.3) is 5.91 Å². The highest BCUT2D eigenvalue weighted by molar-refractivity contribution is 6.14. The molecule has 0 unspecified atom stereocenters.